The third-order valence-corrected chi connectivity index (χ3v) is 10.3. The monoisotopic (exact) mass is 769 g/mol. The van der Waals surface area contributed by atoms with Gasteiger partial charge in [0.15, 0.2) is 6.10 Å². The van der Waals surface area contributed by atoms with Crippen LogP contribution in [0.2, 0.25) is 0 Å². The Morgan fingerprint density at radius 2 is 1.42 bits per heavy atom. The van der Waals surface area contributed by atoms with Crippen molar-refractivity contribution in [3.63, 3.8) is 0 Å². The molecule has 3 aromatic rings. The number of ether oxygens (including phenoxy) is 4. The maximum atomic E-state index is 14.4. The SMILES string of the molecule is CC(C)(C)OC(=O)N[C@@H]1C(=O)N2C(C(=O)OC(c3ccccc3)c3ccccc3)=C(/C=C3\CCN(c4ccc(OC(=O)OC(C)(C)C)cc4)C3=O)CS(=O)[C@H]12. The van der Waals surface area contributed by atoms with E-state index in [-0.39, 0.29) is 35.1 Å². The van der Waals surface area contributed by atoms with Crippen LogP contribution in [0.4, 0.5) is 15.3 Å². The minimum atomic E-state index is -1.79. The molecule has 55 heavy (non-hydrogen) atoms. The molecule has 3 aliphatic rings. The molecule has 13 nitrogen and oxygen atoms in total. The first-order valence-electron chi connectivity index (χ1n) is 17.8. The molecular weight excluding hydrogens is 727 g/mol. The van der Waals surface area contributed by atoms with Crippen LogP contribution in [-0.2, 0) is 39.4 Å². The van der Waals surface area contributed by atoms with Gasteiger partial charge in [-0.25, -0.2) is 14.4 Å². The van der Waals surface area contributed by atoms with Crippen LogP contribution in [0.5, 0.6) is 5.75 Å². The number of hydrogen-bond donors (Lipinski definition) is 1. The van der Waals surface area contributed by atoms with E-state index < -0.39 is 63.6 Å². The maximum absolute atomic E-state index is 14.4. The third-order valence-electron chi connectivity index (χ3n) is 8.66. The van der Waals surface area contributed by atoms with E-state index in [1.54, 1.807) is 65.8 Å². The predicted molar refractivity (Wildman–Crippen MR) is 203 cm³/mol. The Balaban J connectivity index is 1.31. The van der Waals surface area contributed by atoms with E-state index in [0.717, 1.165) is 4.90 Å². The highest BCUT2D eigenvalue weighted by Crippen LogP contribution is 2.39. The zero-order valence-corrected chi connectivity index (χ0v) is 32.2. The molecule has 0 aliphatic carbocycles. The lowest BCUT2D eigenvalue weighted by Crippen LogP contribution is -2.73. The van der Waals surface area contributed by atoms with Gasteiger partial charge in [0.05, 0.1) is 16.6 Å². The molecule has 3 aromatic carbocycles. The van der Waals surface area contributed by atoms with Crippen molar-refractivity contribution >= 4 is 46.5 Å². The Kier molecular flexibility index (Phi) is 11.0. The summed E-state index contributed by atoms with van der Waals surface area (Å²) < 4.78 is 35.8. The van der Waals surface area contributed by atoms with Gasteiger partial charge in [0, 0.05) is 17.8 Å². The van der Waals surface area contributed by atoms with Gasteiger partial charge in [-0.05, 0) is 95.0 Å². The molecule has 0 spiro atoms. The van der Waals surface area contributed by atoms with E-state index in [9.17, 15) is 28.2 Å². The molecule has 1 N–H and O–H groups in total. The number of carbonyl (C=O) groups excluding carboxylic acids is 5. The van der Waals surface area contributed by atoms with Gasteiger partial charge in [-0.1, -0.05) is 60.7 Å². The molecule has 2 fully saturated rings. The smallest absolute Gasteiger partial charge is 0.448 e. The number of nitrogens with zero attached hydrogens (tertiary/aromatic N) is 2. The first kappa shape index (κ1) is 38.9. The summed E-state index contributed by atoms with van der Waals surface area (Å²) in [5.41, 5.74) is 0.678. The quantitative estimate of drug-likeness (QED) is 0.0937. The molecule has 3 amide bonds. The number of benzene rings is 3. The lowest BCUT2D eigenvalue weighted by atomic mass is 10.00. The lowest BCUT2D eigenvalue weighted by molar-refractivity contribution is -0.153. The topological polar surface area (TPSA) is 158 Å². The molecular formula is C41H43N3O10S. The average Bonchev–Trinajstić information content (AvgIpc) is 3.47. The predicted octanol–water partition coefficient (Wildman–Crippen LogP) is 6.07. The summed E-state index contributed by atoms with van der Waals surface area (Å²) in [6.45, 7) is 10.5. The largest absolute Gasteiger partial charge is 0.514 e. The van der Waals surface area contributed by atoms with Gasteiger partial charge in [-0.2, -0.15) is 0 Å². The second kappa shape index (κ2) is 15.5. The van der Waals surface area contributed by atoms with Crippen molar-refractivity contribution in [2.24, 2.45) is 0 Å². The number of alkyl carbamates (subject to hydrolysis) is 1. The number of nitrogens with one attached hydrogen (secondary N) is 1. The molecule has 0 saturated carbocycles. The van der Waals surface area contributed by atoms with Crippen molar-refractivity contribution in [3.05, 3.63) is 119 Å². The van der Waals surface area contributed by atoms with E-state index in [1.165, 1.54) is 11.0 Å². The molecule has 3 heterocycles. The van der Waals surface area contributed by atoms with Gasteiger partial charge >= 0.3 is 18.2 Å². The maximum Gasteiger partial charge on any atom is 0.514 e. The Labute approximate surface area is 321 Å². The van der Waals surface area contributed by atoms with Crippen LogP contribution in [0.3, 0.4) is 0 Å². The second-order valence-corrected chi connectivity index (χ2v) is 16.7. The van der Waals surface area contributed by atoms with E-state index in [1.807, 2.05) is 60.7 Å². The Hall–Kier alpha value is -5.76. The Bertz CT molecular complexity index is 2030. The number of amides is 3. The fourth-order valence-corrected chi connectivity index (χ4v) is 7.98. The number of allylic oxidation sites excluding steroid dienone is 1. The number of anilines is 1. The fourth-order valence-electron chi connectivity index (χ4n) is 6.35. The average molecular weight is 770 g/mol. The summed E-state index contributed by atoms with van der Waals surface area (Å²) in [7, 11) is -1.79. The zero-order chi connectivity index (χ0) is 39.7. The van der Waals surface area contributed by atoms with Crippen LogP contribution in [0.1, 0.15) is 65.2 Å². The number of β-lactam (4-membered cyclic amide) rings is 1. The summed E-state index contributed by atoms with van der Waals surface area (Å²) in [6, 6.07) is 23.4. The van der Waals surface area contributed by atoms with E-state index in [0.29, 0.717) is 28.9 Å². The van der Waals surface area contributed by atoms with Crippen molar-refractivity contribution in [1.29, 1.82) is 0 Å². The highest BCUT2D eigenvalue weighted by Gasteiger charge is 2.58. The van der Waals surface area contributed by atoms with Crippen molar-refractivity contribution < 1.29 is 47.1 Å². The lowest BCUT2D eigenvalue weighted by Gasteiger charge is -2.49. The molecule has 0 bridgehead atoms. The Morgan fingerprint density at radius 1 is 0.836 bits per heavy atom. The highest BCUT2D eigenvalue weighted by atomic mass is 32.2. The van der Waals surface area contributed by atoms with E-state index in [2.05, 4.69) is 5.32 Å². The standard InChI is InChI=1S/C41H43N3O10S/c1-40(2,3)53-38(48)42-31-35(46)44-32(37(47)52-33(25-13-9-7-10-14-25)26-15-11-8-12-16-26)28(24-55(50)36(31)44)23-27-21-22-43(34(27)45)29-17-19-30(20-18-29)51-39(49)54-41(4,5)6/h7-20,23,31,33,36H,21-22,24H2,1-6H3,(H,42,48)/b27-23+/t31-,36-,55?/m1/s1. The van der Waals surface area contributed by atoms with Crippen molar-refractivity contribution in [1.82, 2.24) is 10.2 Å². The normalized spacial score (nSPS) is 20.6. The van der Waals surface area contributed by atoms with Crippen molar-refractivity contribution in [2.75, 3.05) is 17.2 Å². The van der Waals surface area contributed by atoms with Crippen LogP contribution in [0.15, 0.2) is 108 Å². The number of carbonyl (C=O) groups is 5. The van der Waals surface area contributed by atoms with Crippen LogP contribution in [0.25, 0.3) is 0 Å². The molecule has 2 saturated heterocycles. The number of hydrogen-bond acceptors (Lipinski definition) is 10. The number of rotatable bonds is 8. The van der Waals surface area contributed by atoms with Crippen LogP contribution >= 0.6 is 0 Å². The molecule has 0 aromatic heterocycles. The molecule has 1 unspecified atom stereocenters. The van der Waals surface area contributed by atoms with Gasteiger partial charge in [0.25, 0.3) is 11.8 Å². The van der Waals surface area contributed by atoms with Crippen molar-refractivity contribution in [3.8, 4) is 5.75 Å². The van der Waals surface area contributed by atoms with Crippen LogP contribution in [0, 0.1) is 0 Å². The zero-order valence-electron chi connectivity index (χ0n) is 31.4. The van der Waals surface area contributed by atoms with Gasteiger partial charge in [0.1, 0.15) is 34.1 Å². The summed E-state index contributed by atoms with van der Waals surface area (Å²) in [6.07, 6.45) is -0.791. The van der Waals surface area contributed by atoms with Crippen LogP contribution < -0.4 is 15.0 Å². The molecule has 3 aliphatic heterocycles. The van der Waals surface area contributed by atoms with E-state index >= 15 is 0 Å². The molecule has 0 radical (unpaired) electrons. The second-order valence-electron chi connectivity index (χ2n) is 15.2. The number of fused-ring (bicyclic) bond motifs is 1. The third kappa shape index (κ3) is 8.97. The minimum absolute atomic E-state index is 0.156. The molecule has 6 rings (SSSR count). The minimum Gasteiger partial charge on any atom is -0.448 e. The highest BCUT2D eigenvalue weighted by molar-refractivity contribution is 7.86. The van der Waals surface area contributed by atoms with Gasteiger partial charge in [-0.3, -0.25) is 18.7 Å². The molecule has 14 heteroatoms. The van der Waals surface area contributed by atoms with E-state index in [4.69, 9.17) is 18.9 Å². The molecule has 288 valence electrons. The van der Waals surface area contributed by atoms with Gasteiger partial charge in [-0.15, -0.1) is 0 Å². The number of esters is 1. The summed E-state index contributed by atoms with van der Waals surface area (Å²) in [4.78, 5) is 69.4. The summed E-state index contributed by atoms with van der Waals surface area (Å²) in [5.74, 6) is -1.86. The summed E-state index contributed by atoms with van der Waals surface area (Å²) >= 11 is 0. The van der Waals surface area contributed by atoms with Gasteiger partial charge < -0.3 is 29.2 Å². The first-order chi connectivity index (χ1) is 26.0. The Morgan fingerprint density at radius 3 is 1.98 bits per heavy atom. The van der Waals surface area contributed by atoms with Crippen molar-refractivity contribution in [2.45, 2.75) is 76.7 Å². The van der Waals surface area contributed by atoms with Gasteiger partial charge in [0.2, 0.25) is 0 Å². The first-order valence-corrected chi connectivity index (χ1v) is 19.1. The molecule has 3 atom stereocenters. The fraction of sp³-hybridized carbons (Fsp3) is 0.341. The van der Waals surface area contributed by atoms with Crippen LogP contribution in [-0.4, -0.2) is 74.1 Å². The summed E-state index contributed by atoms with van der Waals surface area (Å²) in [5, 5.41) is 1.44.